The van der Waals surface area contributed by atoms with Crippen LogP contribution in [0.3, 0.4) is 0 Å². The van der Waals surface area contributed by atoms with Gasteiger partial charge in [-0.2, -0.15) is 5.10 Å². The molecule has 0 atom stereocenters. The van der Waals surface area contributed by atoms with Gasteiger partial charge in [0.15, 0.2) is 5.82 Å². The van der Waals surface area contributed by atoms with Crippen molar-refractivity contribution < 1.29 is 0 Å². The number of hydrogen-bond donors (Lipinski definition) is 3. The number of anilines is 2. The Morgan fingerprint density at radius 3 is 2.25 bits per heavy atom. The van der Waals surface area contributed by atoms with Gasteiger partial charge >= 0.3 is 0 Å². The highest BCUT2D eigenvalue weighted by molar-refractivity contribution is 9.10. The Balaban J connectivity index is 3.19. The van der Waals surface area contributed by atoms with Crippen LogP contribution in [0.25, 0.3) is 0 Å². The van der Waals surface area contributed by atoms with Gasteiger partial charge in [0, 0.05) is 0 Å². The molecule has 0 saturated heterocycles. The van der Waals surface area contributed by atoms with E-state index in [-0.39, 0.29) is 0 Å². The highest BCUT2D eigenvalue weighted by Crippen LogP contribution is 2.21. The first-order valence-electron chi connectivity index (χ1n) is 1.96. The third-order valence-corrected chi connectivity index (χ3v) is 1.59. The molecule has 1 rings (SSSR count). The van der Waals surface area contributed by atoms with Crippen LogP contribution in [0.15, 0.2) is 4.47 Å². The third-order valence-electron chi connectivity index (χ3n) is 0.758. The van der Waals surface area contributed by atoms with Crippen LogP contribution in [0.5, 0.6) is 0 Å². The molecule has 0 aliphatic carbocycles. The van der Waals surface area contributed by atoms with Crippen molar-refractivity contribution in [1.29, 1.82) is 0 Å². The summed E-state index contributed by atoms with van der Waals surface area (Å²) < 4.78 is 0.637. The van der Waals surface area contributed by atoms with Crippen LogP contribution in [-0.2, 0) is 0 Å². The molecule has 1 heterocycles. The van der Waals surface area contributed by atoms with Crippen molar-refractivity contribution in [3.8, 4) is 0 Å². The minimum absolute atomic E-state index is 0.391. The smallest absolute Gasteiger partial charge is 0.161 e. The molecule has 0 amide bonds. The molecule has 5 heteroatoms. The predicted octanol–water partition coefficient (Wildman–Crippen LogP) is 0.337. The van der Waals surface area contributed by atoms with Crippen molar-refractivity contribution in [2.45, 2.75) is 0 Å². The van der Waals surface area contributed by atoms with Gasteiger partial charge in [-0.1, -0.05) is 0 Å². The molecular weight excluding hydrogens is 172 g/mol. The van der Waals surface area contributed by atoms with Crippen molar-refractivity contribution in [2.24, 2.45) is 0 Å². The van der Waals surface area contributed by atoms with E-state index in [0.717, 1.165) is 0 Å². The lowest BCUT2D eigenvalue weighted by molar-refractivity contribution is 1.11. The van der Waals surface area contributed by atoms with Gasteiger partial charge in [0.25, 0.3) is 0 Å². The molecule has 0 fully saturated rings. The third kappa shape index (κ3) is 0.645. The molecule has 44 valence electrons. The Bertz CT molecular complexity index is 174. The quantitative estimate of drug-likeness (QED) is 0.534. The lowest BCUT2D eigenvalue weighted by Gasteiger charge is -1.81. The Kier molecular flexibility index (Phi) is 1.13. The van der Waals surface area contributed by atoms with E-state index in [9.17, 15) is 0 Å². The van der Waals surface area contributed by atoms with Crippen LogP contribution in [0.2, 0.25) is 0 Å². The Morgan fingerprint density at radius 2 is 2.12 bits per heavy atom. The van der Waals surface area contributed by atoms with Gasteiger partial charge in [0.05, 0.1) is 0 Å². The molecule has 1 aromatic heterocycles. The van der Waals surface area contributed by atoms with Gasteiger partial charge in [-0.25, -0.2) is 0 Å². The maximum Gasteiger partial charge on any atom is 0.161 e. The second-order valence-electron chi connectivity index (χ2n) is 1.34. The number of nitrogens with one attached hydrogen (secondary N) is 1. The van der Waals surface area contributed by atoms with Crippen LogP contribution in [-0.4, -0.2) is 10.2 Å². The first-order chi connectivity index (χ1) is 3.72. The van der Waals surface area contributed by atoms with Gasteiger partial charge in [-0.15, -0.1) is 0 Å². The number of nitrogen functional groups attached to an aromatic ring is 2. The SMILES string of the molecule is Nc1n[nH]c(N)c1Br. The largest absolute Gasteiger partial charge is 0.383 e. The molecule has 0 radical (unpaired) electrons. The monoisotopic (exact) mass is 176 g/mol. The van der Waals surface area contributed by atoms with Gasteiger partial charge in [0.1, 0.15) is 10.3 Å². The van der Waals surface area contributed by atoms with Crippen LogP contribution in [0, 0.1) is 0 Å². The van der Waals surface area contributed by atoms with E-state index in [1.807, 2.05) is 0 Å². The number of rotatable bonds is 0. The van der Waals surface area contributed by atoms with E-state index < -0.39 is 0 Å². The standard InChI is InChI=1S/C3H5BrN4/c4-1-2(5)7-8-3(1)6/h(H5,5,6,7,8). The van der Waals surface area contributed by atoms with E-state index in [1.54, 1.807) is 0 Å². The summed E-state index contributed by atoms with van der Waals surface area (Å²) in [5, 5.41) is 6.09. The van der Waals surface area contributed by atoms with Crippen molar-refractivity contribution >= 4 is 27.6 Å². The van der Waals surface area contributed by atoms with E-state index in [1.165, 1.54) is 0 Å². The lowest BCUT2D eigenvalue weighted by atomic mass is 10.6. The number of H-pyrrole nitrogens is 1. The maximum atomic E-state index is 5.30. The average Bonchev–Trinajstić information content (AvgIpc) is 1.98. The summed E-state index contributed by atoms with van der Waals surface area (Å²) in [6, 6.07) is 0. The minimum atomic E-state index is 0.391. The van der Waals surface area contributed by atoms with Crippen molar-refractivity contribution in [2.75, 3.05) is 11.5 Å². The summed E-state index contributed by atoms with van der Waals surface area (Å²) in [6.07, 6.45) is 0. The summed E-state index contributed by atoms with van der Waals surface area (Å²) in [7, 11) is 0. The number of nitrogens with zero attached hydrogens (tertiary/aromatic N) is 1. The fourth-order valence-electron chi connectivity index (χ4n) is 0.357. The highest BCUT2D eigenvalue weighted by Gasteiger charge is 2.00. The number of nitrogens with two attached hydrogens (primary N) is 2. The Hall–Kier alpha value is -0.710. The molecule has 8 heavy (non-hydrogen) atoms. The molecule has 4 nitrogen and oxygen atoms in total. The highest BCUT2D eigenvalue weighted by atomic mass is 79.9. The van der Waals surface area contributed by atoms with Crippen molar-refractivity contribution in [3.05, 3.63) is 4.47 Å². The molecule has 5 N–H and O–H groups in total. The molecule has 0 bridgehead atoms. The molecule has 0 aliphatic heterocycles. The maximum absolute atomic E-state index is 5.30. The Labute approximate surface area is 54.4 Å². The van der Waals surface area contributed by atoms with Crippen LogP contribution in [0.4, 0.5) is 11.6 Å². The summed E-state index contributed by atoms with van der Waals surface area (Å²) in [6.45, 7) is 0. The average molecular weight is 177 g/mol. The van der Waals surface area contributed by atoms with Crippen molar-refractivity contribution in [1.82, 2.24) is 10.2 Å². The number of aromatic nitrogens is 2. The molecule has 1 aromatic rings. The van der Waals surface area contributed by atoms with Crippen LogP contribution >= 0.6 is 15.9 Å². The van der Waals surface area contributed by atoms with E-state index in [4.69, 9.17) is 11.5 Å². The molecule has 0 spiro atoms. The van der Waals surface area contributed by atoms with Gasteiger partial charge in [-0.05, 0) is 15.9 Å². The predicted molar refractivity (Wildman–Crippen MR) is 35.1 cm³/mol. The van der Waals surface area contributed by atoms with Gasteiger partial charge < -0.3 is 11.5 Å². The number of halogens is 1. The first-order valence-corrected chi connectivity index (χ1v) is 2.76. The summed E-state index contributed by atoms with van der Waals surface area (Å²) in [5.41, 5.74) is 10.6. The molecule has 0 unspecified atom stereocenters. The zero-order valence-corrected chi connectivity index (χ0v) is 5.57. The second kappa shape index (κ2) is 1.66. The molecular formula is C3H5BrN4. The molecule has 0 saturated carbocycles. The van der Waals surface area contributed by atoms with Crippen LogP contribution < -0.4 is 11.5 Å². The van der Waals surface area contributed by atoms with Crippen LogP contribution in [0.1, 0.15) is 0 Å². The molecule has 0 aliphatic rings. The summed E-state index contributed by atoms with van der Waals surface area (Å²) >= 11 is 3.11. The zero-order chi connectivity index (χ0) is 6.15. The van der Waals surface area contributed by atoms with E-state index >= 15 is 0 Å². The van der Waals surface area contributed by atoms with E-state index in [0.29, 0.717) is 16.1 Å². The molecule has 0 aromatic carbocycles. The van der Waals surface area contributed by atoms with E-state index in [2.05, 4.69) is 26.1 Å². The fourth-order valence-corrected chi connectivity index (χ4v) is 0.534. The summed E-state index contributed by atoms with van der Waals surface area (Å²) in [5.74, 6) is 0.852. The minimum Gasteiger partial charge on any atom is -0.383 e. The number of hydrogen-bond acceptors (Lipinski definition) is 3. The summed E-state index contributed by atoms with van der Waals surface area (Å²) in [4.78, 5) is 0. The number of aromatic amines is 1. The fraction of sp³-hybridized carbons (Fsp3) is 0. The zero-order valence-electron chi connectivity index (χ0n) is 3.98. The lowest BCUT2D eigenvalue weighted by Crippen LogP contribution is -1.84. The van der Waals surface area contributed by atoms with Crippen molar-refractivity contribution in [3.63, 3.8) is 0 Å². The van der Waals surface area contributed by atoms with Gasteiger partial charge in [-0.3, -0.25) is 5.10 Å². The second-order valence-corrected chi connectivity index (χ2v) is 2.13. The normalized spacial score (nSPS) is 9.62. The topological polar surface area (TPSA) is 80.7 Å². The Morgan fingerprint density at radius 1 is 1.50 bits per heavy atom. The van der Waals surface area contributed by atoms with Gasteiger partial charge in [0.2, 0.25) is 0 Å². The first kappa shape index (κ1) is 5.43.